The monoisotopic (exact) mass is 629 g/mol. The van der Waals surface area contributed by atoms with E-state index >= 15 is 0 Å². The Balaban J connectivity index is 1.22. The first kappa shape index (κ1) is 29.0. The van der Waals surface area contributed by atoms with Crippen molar-refractivity contribution in [2.24, 2.45) is 0 Å². The van der Waals surface area contributed by atoms with Crippen molar-refractivity contribution < 1.29 is 0 Å². The van der Waals surface area contributed by atoms with E-state index in [1.54, 1.807) is 0 Å². The number of fused-ring (bicyclic) bond motifs is 4. The summed E-state index contributed by atoms with van der Waals surface area (Å²) in [6.45, 7) is 4.68. The quantitative estimate of drug-likeness (QED) is 0.182. The molecule has 0 N–H and O–H groups in total. The predicted molar refractivity (Wildman–Crippen MR) is 204 cm³/mol. The molecule has 8 aromatic rings. The average Bonchev–Trinajstić information content (AvgIpc) is 3.64. The van der Waals surface area contributed by atoms with E-state index in [4.69, 9.17) is 4.98 Å². The fourth-order valence-electron chi connectivity index (χ4n) is 7.52. The van der Waals surface area contributed by atoms with E-state index in [2.05, 4.69) is 199 Å². The van der Waals surface area contributed by atoms with Crippen LogP contribution >= 0.6 is 0 Å². The molecule has 3 nitrogen and oxygen atoms in total. The molecule has 49 heavy (non-hydrogen) atoms. The molecule has 0 saturated heterocycles. The lowest BCUT2D eigenvalue weighted by Crippen LogP contribution is -2.15. The minimum Gasteiger partial charge on any atom is -0.310 e. The van der Waals surface area contributed by atoms with Crippen LogP contribution in [0.5, 0.6) is 0 Å². The maximum Gasteiger partial charge on any atom is 0.145 e. The van der Waals surface area contributed by atoms with Crippen molar-refractivity contribution in [1.82, 2.24) is 9.55 Å². The highest BCUT2D eigenvalue weighted by molar-refractivity contribution is 5.94. The first-order valence-corrected chi connectivity index (χ1v) is 16.9. The van der Waals surface area contributed by atoms with Crippen molar-refractivity contribution in [2.75, 3.05) is 4.90 Å². The summed E-state index contributed by atoms with van der Waals surface area (Å²) in [4.78, 5) is 7.64. The molecule has 0 fully saturated rings. The lowest BCUT2D eigenvalue weighted by molar-refractivity contribution is 0.661. The molecule has 0 radical (unpaired) electrons. The molecule has 0 spiro atoms. The number of imidazole rings is 1. The zero-order valence-corrected chi connectivity index (χ0v) is 27.6. The van der Waals surface area contributed by atoms with Gasteiger partial charge in [0.05, 0.1) is 11.0 Å². The largest absolute Gasteiger partial charge is 0.310 e. The molecule has 0 bridgehead atoms. The predicted octanol–water partition coefficient (Wildman–Crippen LogP) is 12.1. The number of nitrogens with zero attached hydrogens (tertiary/aromatic N) is 3. The highest BCUT2D eigenvalue weighted by atomic mass is 15.1. The van der Waals surface area contributed by atoms with Gasteiger partial charge in [0.25, 0.3) is 0 Å². The third-order valence-corrected chi connectivity index (χ3v) is 9.99. The Hall–Kier alpha value is -6.19. The van der Waals surface area contributed by atoms with Crippen LogP contribution in [-0.4, -0.2) is 9.55 Å². The molecule has 234 valence electrons. The number of rotatable bonds is 6. The van der Waals surface area contributed by atoms with Crippen LogP contribution in [0.2, 0.25) is 0 Å². The van der Waals surface area contributed by atoms with Gasteiger partial charge in [0, 0.05) is 33.7 Å². The summed E-state index contributed by atoms with van der Waals surface area (Å²) in [5, 5.41) is 0. The molecule has 7 aromatic carbocycles. The van der Waals surface area contributed by atoms with Gasteiger partial charge >= 0.3 is 0 Å². The number of benzene rings is 7. The van der Waals surface area contributed by atoms with Gasteiger partial charge < -0.3 is 4.90 Å². The van der Waals surface area contributed by atoms with Gasteiger partial charge in [-0.2, -0.15) is 0 Å². The van der Waals surface area contributed by atoms with E-state index in [1.807, 2.05) is 0 Å². The molecule has 3 heteroatoms. The zero-order chi connectivity index (χ0) is 33.0. The highest BCUT2D eigenvalue weighted by Gasteiger charge is 2.37. The highest BCUT2D eigenvalue weighted by Crippen LogP contribution is 2.52. The molecule has 1 heterocycles. The lowest BCUT2D eigenvalue weighted by atomic mass is 9.82. The minimum absolute atomic E-state index is 0.171. The molecule has 1 aliphatic rings. The second kappa shape index (κ2) is 11.5. The molecular weight excluding hydrogens is 595 g/mol. The number of anilines is 3. The Morgan fingerprint density at radius 2 is 1.00 bits per heavy atom. The smallest absolute Gasteiger partial charge is 0.145 e. The summed E-state index contributed by atoms with van der Waals surface area (Å²) in [6.07, 6.45) is 0. The first-order chi connectivity index (χ1) is 24.1. The van der Waals surface area contributed by atoms with Crippen molar-refractivity contribution in [3.63, 3.8) is 0 Å². The maximum absolute atomic E-state index is 5.27. The van der Waals surface area contributed by atoms with Gasteiger partial charge in [-0.25, -0.2) is 4.98 Å². The fraction of sp³-hybridized carbons (Fsp3) is 0.0652. The third-order valence-electron chi connectivity index (χ3n) is 9.99. The number of hydrogen-bond donors (Lipinski definition) is 0. The maximum atomic E-state index is 5.27. The molecule has 0 amide bonds. The Morgan fingerprint density at radius 3 is 1.67 bits per heavy atom. The van der Waals surface area contributed by atoms with Gasteiger partial charge in [0.1, 0.15) is 5.82 Å². The normalized spacial score (nSPS) is 12.9. The van der Waals surface area contributed by atoms with Crippen LogP contribution in [0.4, 0.5) is 17.1 Å². The van der Waals surface area contributed by atoms with E-state index in [9.17, 15) is 0 Å². The number of hydrogen-bond acceptors (Lipinski definition) is 2. The Bertz CT molecular complexity index is 2430. The second-order valence-corrected chi connectivity index (χ2v) is 13.3. The molecule has 0 saturated carbocycles. The number of aromatic nitrogens is 2. The van der Waals surface area contributed by atoms with Gasteiger partial charge in [0.2, 0.25) is 0 Å². The molecule has 0 aliphatic heterocycles. The fourth-order valence-corrected chi connectivity index (χ4v) is 7.52. The van der Waals surface area contributed by atoms with Gasteiger partial charge in [-0.1, -0.05) is 129 Å². The van der Waals surface area contributed by atoms with Gasteiger partial charge in [-0.05, 0) is 94.0 Å². The third kappa shape index (κ3) is 4.86. The zero-order valence-electron chi connectivity index (χ0n) is 27.6. The van der Waals surface area contributed by atoms with E-state index in [1.165, 1.54) is 33.4 Å². The summed E-state index contributed by atoms with van der Waals surface area (Å²) in [6, 6.07) is 62.9. The summed E-state index contributed by atoms with van der Waals surface area (Å²) in [5.41, 5.74) is 15.1. The van der Waals surface area contributed by atoms with Crippen molar-refractivity contribution in [2.45, 2.75) is 19.3 Å². The van der Waals surface area contributed by atoms with E-state index in [0.29, 0.717) is 0 Å². The van der Waals surface area contributed by atoms with Gasteiger partial charge in [0.15, 0.2) is 0 Å². The second-order valence-electron chi connectivity index (χ2n) is 13.3. The van der Waals surface area contributed by atoms with Gasteiger partial charge in [-0.15, -0.1) is 0 Å². The molecule has 1 aromatic heterocycles. The Labute approximate surface area is 287 Å². The van der Waals surface area contributed by atoms with E-state index < -0.39 is 0 Å². The minimum atomic E-state index is -0.171. The van der Waals surface area contributed by atoms with Crippen LogP contribution < -0.4 is 4.90 Å². The average molecular weight is 630 g/mol. The number of para-hydroxylation sites is 2. The first-order valence-electron chi connectivity index (χ1n) is 16.9. The molecule has 0 unspecified atom stereocenters. The topological polar surface area (TPSA) is 21.1 Å². The van der Waals surface area contributed by atoms with Crippen LogP contribution in [0.15, 0.2) is 176 Å². The van der Waals surface area contributed by atoms with E-state index in [-0.39, 0.29) is 5.41 Å². The lowest BCUT2D eigenvalue weighted by Gasteiger charge is -2.27. The van der Waals surface area contributed by atoms with Crippen LogP contribution in [0.1, 0.15) is 25.0 Å². The SMILES string of the molecule is CC1(C)c2ccc(N(c3ccccc3)c3ccc(-c4ccccc4)cc3)cc2-c2cc3c(cc21)nc(-c1ccccc1)n3-c1ccccc1. The van der Waals surface area contributed by atoms with Crippen molar-refractivity contribution in [3.05, 3.63) is 187 Å². The van der Waals surface area contributed by atoms with Crippen LogP contribution in [0, 0.1) is 0 Å². The van der Waals surface area contributed by atoms with Crippen LogP contribution in [0.25, 0.3) is 50.4 Å². The molecule has 9 rings (SSSR count). The summed E-state index contributed by atoms with van der Waals surface area (Å²) < 4.78 is 2.31. The molecular formula is C46H35N3. The standard InChI is InChI=1S/C46H35N3/c1-46(2)41-28-27-38(48(35-19-11-5-12-20-35)37-25-23-33(24-26-37)32-15-7-3-8-16-32)29-39(41)40-30-44-43(31-42(40)46)47-45(34-17-9-4-10-18-34)49(44)36-21-13-6-14-22-36/h3-31H,1-2H3. The van der Waals surface area contributed by atoms with Crippen LogP contribution in [-0.2, 0) is 5.41 Å². The van der Waals surface area contributed by atoms with Crippen molar-refractivity contribution in [1.29, 1.82) is 0 Å². The summed E-state index contributed by atoms with van der Waals surface area (Å²) in [5.74, 6) is 0.950. The Kier molecular flexibility index (Phi) is 6.80. The molecule has 1 aliphatic carbocycles. The van der Waals surface area contributed by atoms with Crippen LogP contribution in [0.3, 0.4) is 0 Å². The van der Waals surface area contributed by atoms with E-state index in [0.717, 1.165) is 45.2 Å². The van der Waals surface area contributed by atoms with Gasteiger partial charge in [-0.3, -0.25) is 4.57 Å². The van der Waals surface area contributed by atoms with Crippen molar-refractivity contribution >= 4 is 28.1 Å². The summed E-state index contributed by atoms with van der Waals surface area (Å²) in [7, 11) is 0. The molecule has 0 atom stereocenters. The van der Waals surface area contributed by atoms with Crippen molar-refractivity contribution in [3.8, 4) is 39.3 Å². The summed E-state index contributed by atoms with van der Waals surface area (Å²) >= 11 is 0. The Morgan fingerprint density at radius 1 is 0.469 bits per heavy atom.